The molecule has 0 fully saturated rings. The number of pyridine rings is 1. The molecular formula is C15H16BrNO4. The summed E-state index contributed by atoms with van der Waals surface area (Å²) in [6.45, 7) is 0.232. The molecule has 2 rings (SSSR count). The van der Waals surface area contributed by atoms with Crippen molar-refractivity contribution in [3.63, 3.8) is 0 Å². The molecule has 5 nitrogen and oxygen atoms in total. The van der Waals surface area contributed by atoms with Gasteiger partial charge >= 0.3 is 0 Å². The van der Waals surface area contributed by atoms with E-state index in [-0.39, 0.29) is 6.61 Å². The topological polar surface area (TPSA) is 60.8 Å². The lowest BCUT2D eigenvalue weighted by Crippen LogP contribution is -2.02. The number of methoxy groups -OCH3 is 2. The second kappa shape index (κ2) is 7.28. The van der Waals surface area contributed by atoms with Crippen molar-refractivity contribution in [2.24, 2.45) is 0 Å². The number of aliphatic hydroxyl groups excluding tert-OH is 1. The van der Waals surface area contributed by atoms with Gasteiger partial charge in [-0.25, -0.2) is 4.98 Å². The molecule has 0 unspecified atom stereocenters. The Kier molecular flexibility index (Phi) is 5.41. The van der Waals surface area contributed by atoms with Gasteiger partial charge in [0.1, 0.15) is 6.61 Å². The fourth-order valence-electron chi connectivity index (χ4n) is 1.87. The van der Waals surface area contributed by atoms with Crippen molar-refractivity contribution in [1.29, 1.82) is 0 Å². The maximum atomic E-state index is 9.21. The van der Waals surface area contributed by atoms with Gasteiger partial charge in [0.15, 0.2) is 11.5 Å². The van der Waals surface area contributed by atoms with E-state index >= 15 is 0 Å². The van der Waals surface area contributed by atoms with Gasteiger partial charge in [0, 0.05) is 6.20 Å². The standard InChI is InChI=1S/C15H16BrNO4/c1-19-13-7-10(8-18)6-12(16)14(13)21-9-11-4-3-5-17-15(11)20-2/h3-7,18H,8-9H2,1-2H3. The molecular weight excluding hydrogens is 338 g/mol. The Hall–Kier alpha value is -1.79. The Balaban J connectivity index is 2.23. The van der Waals surface area contributed by atoms with Crippen molar-refractivity contribution in [1.82, 2.24) is 4.98 Å². The van der Waals surface area contributed by atoms with Crippen LogP contribution in [0.4, 0.5) is 0 Å². The molecule has 0 atom stereocenters. The minimum Gasteiger partial charge on any atom is -0.493 e. The summed E-state index contributed by atoms with van der Waals surface area (Å²) in [5, 5.41) is 9.21. The molecule has 0 bridgehead atoms. The first-order valence-electron chi connectivity index (χ1n) is 6.27. The van der Waals surface area contributed by atoms with E-state index in [2.05, 4.69) is 20.9 Å². The minimum atomic E-state index is -0.0638. The van der Waals surface area contributed by atoms with Crippen LogP contribution in [0.5, 0.6) is 17.4 Å². The van der Waals surface area contributed by atoms with Crippen molar-refractivity contribution in [2.45, 2.75) is 13.2 Å². The van der Waals surface area contributed by atoms with Crippen LogP contribution in [0.1, 0.15) is 11.1 Å². The van der Waals surface area contributed by atoms with Crippen LogP contribution in [0, 0.1) is 0 Å². The van der Waals surface area contributed by atoms with E-state index in [0.29, 0.717) is 28.5 Å². The summed E-state index contributed by atoms with van der Waals surface area (Å²) in [6, 6.07) is 7.23. The Morgan fingerprint density at radius 1 is 1.24 bits per heavy atom. The summed E-state index contributed by atoms with van der Waals surface area (Å²) in [5.74, 6) is 1.65. The molecule has 1 aromatic carbocycles. The van der Waals surface area contributed by atoms with Crippen molar-refractivity contribution in [3.8, 4) is 17.4 Å². The normalized spacial score (nSPS) is 10.3. The van der Waals surface area contributed by atoms with E-state index in [1.54, 1.807) is 32.5 Å². The molecule has 1 heterocycles. The maximum absolute atomic E-state index is 9.21. The van der Waals surface area contributed by atoms with Gasteiger partial charge in [-0.2, -0.15) is 0 Å². The van der Waals surface area contributed by atoms with Crippen LogP contribution in [0.15, 0.2) is 34.9 Å². The molecule has 21 heavy (non-hydrogen) atoms. The van der Waals surface area contributed by atoms with Crippen molar-refractivity contribution in [2.75, 3.05) is 14.2 Å². The van der Waals surface area contributed by atoms with Crippen molar-refractivity contribution < 1.29 is 19.3 Å². The zero-order chi connectivity index (χ0) is 15.2. The maximum Gasteiger partial charge on any atom is 0.219 e. The zero-order valence-electron chi connectivity index (χ0n) is 11.8. The van der Waals surface area contributed by atoms with E-state index in [1.165, 1.54) is 0 Å². The first-order valence-corrected chi connectivity index (χ1v) is 7.06. The lowest BCUT2D eigenvalue weighted by atomic mass is 10.2. The largest absolute Gasteiger partial charge is 0.493 e. The van der Waals surface area contributed by atoms with Gasteiger partial charge in [0.2, 0.25) is 5.88 Å². The average Bonchev–Trinajstić information content (AvgIpc) is 2.53. The van der Waals surface area contributed by atoms with Crippen LogP contribution in [0.3, 0.4) is 0 Å². The third-order valence-corrected chi connectivity index (χ3v) is 3.48. The second-order valence-corrected chi connectivity index (χ2v) is 5.08. The highest BCUT2D eigenvalue weighted by Crippen LogP contribution is 2.37. The third-order valence-electron chi connectivity index (χ3n) is 2.89. The van der Waals surface area contributed by atoms with E-state index in [9.17, 15) is 5.11 Å². The fraction of sp³-hybridized carbons (Fsp3) is 0.267. The van der Waals surface area contributed by atoms with Gasteiger partial charge < -0.3 is 19.3 Å². The molecule has 0 radical (unpaired) electrons. The highest BCUT2D eigenvalue weighted by Gasteiger charge is 2.13. The van der Waals surface area contributed by atoms with Crippen molar-refractivity contribution >= 4 is 15.9 Å². The lowest BCUT2D eigenvalue weighted by molar-refractivity contribution is 0.269. The summed E-state index contributed by atoms with van der Waals surface area (Å²) >= 11 is 3.43. The molecule has 6 heteroatoms. The number of halogens is 1. The lowest BCUT2D eigenvalue weighted by Gasteiger charge is -2.14. The smallest absolute Gasteiger partial charge is 0.219 e. The number of benzene rings is 1. The summed E-state index contributed by atoms with van der Waals surface area (Å²) in [6.07, 6.45) is 1.66. The molecule has 112 valence electrons. The van der Waals surface area contributed by atoms with Gasteiger partial charge in [0.05, 0.1) is 30.9 Å². The Morgan fingerprint density at radius 3 is 2.71 bits per heavy atom. The highest BCUT2D eigenvalue weighted by molar-refractivity contribution is 9.10. The third kappa shape index (κ3) is 3.65. The Bertz CT molecular complexity index is 619. The molecule has 2 aromatic rings. The molecule has 0 amide bonds. The number of rotatable bonds is 6. The monoisotopic (exact) mass is 353 g/mol. The van der Waals surface area contributed by atoms with Crippen LogP contribution >= 0.6 is 15.9 Å². The Morgan fingerprint density at radius 2 is 2.05 bits per heavy atom. The average molecular weight is 354 g/mol. The highest BCUT2D eigenvalue weighted by atomic mass is 79.9. The van der Waals surface area contributed by atoms with Gasteiger partial charge in [-0.1, -0.05) is 0 Å². The SMILES string of the molecule is COc1cc(CO)cc(Br)c1OCc1cccnc1OC. The van der Waals surface area contributed by atoms with E-state index in [1.807, 2.05) is 12.1 Å². The van der Waals surface area contributed by atoms with Crippen LogP contribution in [0.2, 0.25) is 0 Å². The predicted molar refractivity (Wildman–Crippen MR) is 81.7 cm³/mol. The van der Waals surface area contributed by atoms with Gasteiger partial charge in [0.25, 0.3) is 0 Å². The van der Waals surface area contributed by atoms with E-state index in [0.717, 1.165) is 11.1 Å². The first-order chi connectivity index (χ1) is 10.2. The molecule has 0 aliphatic carbocycles. The number of nitrogens with zero attached hydrogens (tertiary/aromatic N) is 1. The van der Waals surface area contributed by atoms with E-state index < -0.39 is 0 Å². The molecule has 0 saturated carbocycles. The van der Waals surface area contributed by atoms with Gasteiger partial charge in [-0.05, 0) is 45.8 Å². The first kappa shape index (κ1) is 15.6. The molecule has 0 spiro atoms. The summed E-state index contributed by atoms with van der Waals surface area (Å²) in [4.78, 5) is 4.12. The molecule has 0 aliphatic rings. The second-order valence-electron chi connectivity index (χ2n) is 4.23. The molecule has 1 N–H and O–H groups in total. The summed E-state index contributed by atoms with van der Waals surface area (Å²) in [7, 11) is 3.12. The van der Waals surface area contributed by atoms with Crippen molar-refractivity contribution in [3.05, 3.63) is 46.1 Å². The number of ether oxygens (including phenoxy) is 3. The molecule has 0 aliphatic heterocycles. The number of aliphatic hydroxyl groups is 1. The van der Waals surface area contributed by atoms with Gasteiger partial charge in [-0.15, -0.1) is 0 Å². The fourth-order valence-corrected chi connectivity index (χ4v) is 2.48. The number of aromatic nitrogens is 1. The van der Waals surface area contributed by atoms with Crippen LogP contribution in [0.25, 0.3) is 0 Å². The molecule has 0 saturated heterocycles. The van der Waals surface area contributed by atoms with Crippen LogP contribution in [-0.2, 0) is 13.2 Å². The number of hydrogen-bond acceptors (Lipinski definition) is 5. The van der Waals surface area contributed by atoms with Crippen LogP contribution < -0.4 is 14.2 Å². The van der Waals surface area contributed by atoms with E-state index in [4.69, 9.17) is 14.2 Å². The summed E-state index contributed by atoms with van der Waals surface area (Å²) < 4.78 is 17.0. The molecule has 1 aromatic heterocycles. The summed E-state index contributed by atoms with van der Waals surface area (Å²) in [5.41, 5.74) is 1.57. The quantitative estimate of drug-likeness (QED) is 0.864. The minimum absolute atomic E-state index is 0.0638. The van der Waals surface area contributed by atoms with Gasteiger partial charge in [-0.3, -0.25) is 0 Å². The zero-order valence-corrected chi connectivity index (χ0v) is 13.4. The predicted octanol–water partition coefficient (Wildman–Crippen LogP) is 2.93. The Labute approximate surface area is 131 Å². The van der Waals surface area contributed by atoms with Crippen LogP contribution in [-0.4, -0.2) is 24.3 Å². The number of hydrogen-bond donors (Lipinski definition) is 1.